The fourth-order valence-corrected chi connectivity index (χ4v) is 7.14. The van der Waals surface area contributed by atoms with E-state index in [1.165, 1.54) is 79.6 Å². The third-order valence-corrected chi connectivity index (χ3v) is 9.38. The average Bonchev–Trinajstić information content (AvgIpc) is 3.50. The van der Waals surface area contributed by atoms with Crippen LogP contribution in [-0.4, -0.2) is 0 Å². The lowest BCUT2D eigenvalue weighted by atomic mass is 9.82. The zero-order valence-corrected chi connectivity index (χ0v) is 30.3. The molecule has 6 aromatic rings. The Morgan fingerprint density at radius 2 is 0.750 bits per heavy atom. The van der Waals surface area contributed by atoms with Crippen molar-refractivity contribution < 1.29 is 0 Å². The molecule has 0 unspecified atom stereocenters. The highest BCUT2D eigenvalue weighted by molar-refractivity contribution is 5.92. The van der Waals surface area contributed by atoms with Gasteiger partial charge in [-0.05, 0) is 72.8 Å². The first kappa shape index (κ1) is 34.6. The van der Waals surface area contributed by atoms with Gasteiger partial charge in [-0.2, -0.15) is 0 Å². The molecule has 2 aliphatic rings. The van der Waals surface area contributed by atoms with Crippen molar-refractivity contribution >= 4 is 0 Å². The van der Waals surface area contributed by atoms with Gasteiger partial charge in [0.05, 0.1) is 0 Å². The lowest BCUT2D eigenvalue weighted by molar-refractivity contribution is 0.660. The normalized spacial score (nSPS) is 13.5. The van der Waals surface area contributed by atoms with Crippen LogP contribution < -0.4 is 0 Å². The van der Waals surface area contributed by atoms with Crippen molar-refractivity contribution in [2.24, 2.45) is 0 Å². The molecule has 0 bridgehead atoms. The van der Waals surface area contributed by atoms with Gasteiger partial charge in [-0.1, -0.05) is 208 Å². The van der Waals surface area contributed by atoms with Crippen molar-refractivity contribution in [2.45, 2.75) is 79.1 Å². The van der Waals surface area contributed by atoms with E-state index in [0.29, 0.717) is 0 Å². The van der Waals surface area contributed by atoms with Crippen molar-refractivity contribution in [2.75, 3.05) is 0 Å². The van der Waals surface area contributed by atoms with Gasteiger partial charge in [-0.3, -0.25) is 0 Å². The molecule has 6 aromatic carbocycles. The Balaban J connectivity index is 0.000000162. The Kier molecular flexibility index (Phi) is 10.9. The van der Waals surface area contributed by atoms with Crippen LogP contribution in [0.4, 0.5) is 0 Å². The number of hydrogen-bond donors (Lipinski definition) is 0. The molecule has 0 saturated carbocycles. The van der Waals surface area contributed by atoms with E-state index in [-0.39, 0.29) is 10.8 Å². The second kappa shape index (κ2) is 15.0. The molecular formula is C48H52. The summed E-state index contributed by atoms with van der Waals surface area (Å²) in [6.45, 7) is 17.8. The molecule has 8 rings (SSSR count). The molecule has 244 valence electrons. The van der Waals surface area contributed by atoms with Crippen molar-refractivity contribution in [3.05, 3.63) is 168 Å². The van der Waals surface area contributed by atoms with Gasteiger partial charge in [0.25, 0.3) is 0 Å². The SMILES string of the molecule is CC1(C)c2ccccc2-c2c(-c3ccccc3)cccc21.CC1(C)c2ccccc2-c2cc(-c3ccccc3)ccc21.CCC.CCC. The third-order valence-electron chi connectivity index (χ3n) is 9.38. The molecule has 0 nitrogen and oxygen atoms in total. The van der Waals surface area contributed by atoms with Gasteiger partial charge in [0.15, 0.2) is 0 Å². The van der Waals surface area contributed by atoms with E-state index < -0.39 is 0 Å². The highest BCUT2D eigenvalue weighted by Gasteiger charge is 2.37. The van der Waals surface area contributed by atoms with E-state index in [1.807, 2.05) is 0 Å². The minimum atomic E-state index is 0.0801. The summed E-state index contributed by atoms with van der Waals surface area (Å²) in [6, 6.07) is 52.5. The summed E-state index contributed by atoms with van der Waals surface area (Å²) in [5.41, 5.74) is 16.7. The Morgan fingerprint density at radius 3 is 1.35 bits per heavy atom. The van der Waals surface area contributed by atoms with E-state index in [9.17, 15) is 0 Å². The molecule has 0 heterocycles. The van der Waals surface area contributed by atoms with Crippen molar-refractivity contribution in [1.82, 2.24) is 0 Å². The Hall–Kier alpha value is -4.68. The molecule has 2 aliphatic carbocycles. The van der Waals surface area contributed by atoms with Gasteiger partial charge in [0, 0.05) is 10.8 Å². The standard InChI is InChI=1S/2C21H18.2C3H8/c1-21(2)18-13-7-6-11-17(18)20-16(12-8-14-19(20)21)15-9-4-3-5-10-15;1-21(2)19-11-7-6-10-17(19)18-14-16(12-13-20(18)21)15-8-4-3-5-9-15;2*1-3-2/h2*3-14H,1-2H3;2*3H2,1-2H3. The molecule has 0 heteroatoms. The van der Waals surface area contributed by atoms with E-state index in [2.05, 4.69) is 201 Å². The van der Waals surface area contributed by atoms with Crippen molar-refractivity contribution in [3.63, 3.8) is 0 Å². The van der Waals surface area contributed by atoms with Gasteiger partial charge in [0.1, 0.15) is 0 Å². The van der Waals surface area contributed by atoms with Gasteiger partial charge in [-0.15, -0.1) is 0 Å². The highest BCUT2D eigenvalue weighted by atomic mass is 14.4. The van der Waals surface area contributed by atoms with Crippen molar-refractivity contribution in [3.8, 4) is 44.5 Å². The molecule has 0 aliphatic heterocycles. The third kappa shape index (κ3) is 6.67. The second-order valence-electron chi connectivity index (χ2n) is 14.0. The highest BCUT2D eigenvalue weighted by Crippen LogP contribution is 2.52. The predicted octanol–water partition coefficient (Wildman–Crippen LogP) is 14.2. The maximum atomic E-state index is 2.35. The molecule has 0 atom stereocenters. The molecule has 0 saturated heterocycles. The van der Waals surface area contributed by atoms with Crippen LogP contribution in [0, 0.1) is 0 Å². The Bertz CT molecular complexity index is 1940. The van der Waals surface area contributed by atoms with Gasteiger partial charge >= 0.3 is 0 Å². The first-order chi connectivity index (χ1) is 23.2. The van der Waals surface area contributed by atoms with Crippen LogP contribution in [0.2, 0.25) is 0 Å². The molecule has 0 N–H and O–H groups in total. The van der Waals surface area contributed by atoms with Gasteiger partial charge < -0.3 is 0 Å². The fourth-order valence-electron chi connectivity index (χ4n) is 7.14. The smallest absolute Gasteiger partial charge is 0.0159 e. The summed E-state index contributed by atoms with van der Waals surface area (Å²) in [7, 11) is 0. The first-order valence-electron chi connectivity index (χ1n) is 17.8. The van der Waals surface area contributed by atoms with Crippen LogP contribution in [0.1, 0.15) is 90.5 Å². The van der Waals surface area contributed by atoms with E-state index in [4.69, 9.17) is 0 Å². The maximum Gasteiger partial charge on any atom is 0.0159 e. The van der Waals surface area contributed by atoms with Crippen LogP contribution in [-0.2, 0) is 10.8 Å². The summed E-state index contributed by atoms with van der Waals surface area (Å²) >= 11 is 0. The number of hydrogen-bond acceptors (Lipinski definition) is 0. The summed E-state index contributed by atoms with van der Waals surface area (Å²) < 4.78 is 0. The number of rotatable bonds is 2. The first-order valence-corrected chi connectivity index (χ1v) is 17.8. The van der Waals surface area contributed by atoms with Crippen LogP contribution >= 0.6 is 0 Å². The minimum Gasteiger partial charge on any atom is -0.0656 e. The van der Waals surface area contributed by atoms with Crippen LogP contribution in [0.15, 0.2) is 146 Å². The lowest BCUT2D eigenvalue weighted by Gasteiger charge is -2.21. The predicted molar refractivity (Wildman–Crippen MR) is 211 cm³/mol. The number of benzene rings is 6. The zero-order valence-electron chi connectivity index (χ0n) is 30.3. The fraction of sp³-hybridized carbons (Fsp3) is 0.250. The monoisotopic (exact) mass is 628 g/mol. The molecule has 0 amide bonds. The van der Waals surface area contributed by atoms with E-state index in [1.54, 1.807) is 0 Å². The summed E-state index contributed by atoms with van der Waals surface area (Å²) in [5, 5.41) is 0. The summed E-state index contributed by atoms with van der Waals surface area (Å²) in [4.78, 5) is 0. The van der Waals surface area contributed by atoms with Crippen molar-refractivity contribution in [1.29, 1.82) is 0 Å². The summed E-state index contributed by atoms with van der Waals surface area (Å²) in [6.07, 6.45) is 2.50. The zero-order chi connectivity index (χ0) is 34.3. The number of fused-ring (bicyclic) bond motifs is 6. The Morgan fingerprint density at radius 1 is 0.333 bits per heavy atom. The summed E-state index contributed by atoms with van der Waals surface area (Å²) in [5.74, 6) is 0. The average molecular weight is 629 g/mol. The second-order valence-corrected chi connectivity index (χ2v) is 14.0. The molecule has 0 fully saturated rings. The molecule has 0 spiro atoms. The molecular weight excluding hydrogens is 577 g/mol. The largest absolute Gasteiger partial charge is 0.0656 e. The lowest BCUT2D eigenvalue weighted by Crippen LogP contribution is -2.14. The topological polar surface area (TPSA) is 0 Å². The van der Waals surface area contributed by atoms with Gasteiger partial charge in [0.2, 0.25) is 0 Å². The van der Waals surface area contributed by atoms with E-state index >= 15 is 0 Å². The van der Waals surface area contributed by atoms with Crippen LogP contribution in [0.5, 0.6) is 0 Å². The van der Waals surface area contributed by atoms with Crippen LogP contribution in [0.3, 0.4) is 0 Å². The van der Waals surface area contributed by atoms with E-state index in [0.717, 1.165) is 0 Å². The maximum absolute atomic E-state index is 2.35. The quantitative estimate of drug-likeness (QED) is 0.179. The molecule has 48 heavy (non-hydrogen) atoms. The van der Waals surface area contributed by atoms with Gasteiger partial charge in [-0.25, -0.2) is 0 Å². The minimum absolute atomic E-state index is 0.0801. The van der Waals surface area contributed by atoms with Crippen LogP contribution in [0.25, 0.3) is 44.5 Å². The molecule has 0 aromatic heterocycles. The Labute approximate surface area is 290 Å². The molecule has 0 radical (unpaired) electrons.